The van der Waals surface area contributed by atoms with Gasteiger partial charge in [0.1, 0.15) is 12.3 Å². The number of anilines is 1. The fourth-order valence-electron chi connectivity index (χ4n) is 4.27. The SMILES string of the molecule is CN(c1ccc(C(C)(C)C)cc1)C(C(=O)NC1CCC(F)(F)CC1)c1cccnc1.CNC(C=O)COC. The quantitative estimate of drug-likeness (QED) is 0.457. The first-order valence-corrected chi connectivity index (χ1v) is 12.9. The van der Waals surface area contributed by atoms with Crippen LogP contribution in [0.5, 0.6) is 0 Å². The van der Waals surface area contributed by atoms with Gasteiger partial charge in [0.05, 0.1) is 12.6 Å². The van der Waals surface area contributed by atoms with Crippen LogP contribution >= 0.6 is 0 Å². The van der Waals surface area contributed by atoms with E-state index in [2.05, 4.69) is 48.5 Å². The number of ether oxygens (including phenoxy) is 1. The fourth-order valence-corrected chi connectivity index (χ4v) is 4.27. The summed E-state index contributed by atoms with van der Waals surface area (Å²) < 4.78 is 31.6. The van der Waals surface area contributed by atoms with Crippen LogP contribution in [-0.4, -0.2) is 63.0 Å². The third kappa shape index (κ3) is 9.44. The minimum atomic E-state index is -2.62. The van der Waals surface area contributed by atoms with E-state index >= 15 is 0 Å². The number of halogens is 2. The summed E-state index contributed by atoms with van der Waals surface area (Å²) in [5.74, 6) is -2.81. The molecule has 7 nitrogen and oxygen atoms in total. The maximum Gasteiger partial charge on any atom is 0.248 e. The molecule has 2 N–H and O–H groups in total. The number of likely N-dealkylation sites (N-methyl/N-ethyl adjacent to an activating group) is 2. The summed E-state index contributed by atoms with van der Waals surface area (Å²) in [7, 11) is 5.16. The number of carbonyl (C=O) groups is 2. The van der Waals surface area contributed by atoms with Crippen LogP contribution in [0.4, 0.5) is 14.5 Å². The van der Waals surface area contributed by atoms with Gasteiger partial charge in [-0.25, -0.2) is 8.78 Å². The van der Waals surface area contributed by atoms with E-state index in [1.54, 1.807) is 32.6 Å². The molecule has 1 saturated carbocycles. The highest BCUT2D eigenvalue weighted by atomic mass is 19.3. The number of carbonyl (C=O) groups excluding carboxylic acids is 2. The number of aldehydes is 1. The smallest absolute Gasteiger partial charge is 0.248 e. The molecule has 2 unspecified atom stereocenters. The zero-order valence-corrected chi connectivity index (χ0v) is 23.3. The Morgan fingerprint density at radius 3 is 2.29 bits per heavy atom. The Kier molecular flexibility index (Phi) is 11.8. The van der Waals surface area contributed by atoms with Crippen LogP contribution in [0.3, 0.4) is 0 Å². The monoisotopic (exact) mass is 532 g/mol. The molecular weight excluding hydrogens is 490 g/mol. The van der Waals surface area contributed by atoms with Crippen molar-refractivity contribution in [3.63, 3.8) is 0 Å². The average Bonchev–Trinajstić information content (AvgIpc) is 2.89. The van der Waals surface area contributed by atoms with Gasteiger partial charge in [0.15, 0.2) is 0 Å². The molecule has 0 aliphatic heterocycles. The first-order chi connectivity index (χ1) is 17.9. The van der Waals surface area contributed by atoms with Crippen LogP contribution in [0.1, 0.15) is 63.6 Å². The molecule has 0 spiro atoms. The van der Waals surface area contributed by atoms with Crippen molar-refractivity contribution in [2.45, 2.75) is 75.9 Å². The molecule has 38 heavy (non-hydrogen) atoms. The molecule has 1 fully saturated rings. The molecule has 1 heterocycles. The molecule has 2 aromatic rings. The number of alkyl halides is 2. The van der Waals surface area contributed by atoms with Gasteiger partial charge in [-0.1, -0.05) is 39.0 Å². The second kappa shape index (κ2) is 14.3. The van der Waals surface area contributed by atoms with E-state index in [1.165, 1.54) is 5.56 Å². The van der Waals surface area contributed by atoms with E-state index in [4.69, 9.17) is 4.74 Å². The highest BCUT2D eigenvalue weighted by Crippen LogP contribution is 2.34. The minimum absolute atomic E-state index is 0.0419. The second-order valence-corrected chi connectivity index (χ2v) is 10.7. The predicted octanol–water partition coefficient (Wildman–Crippen LogP) is 4.67. The number of nitrogens with zero attached hydrogens (tertiary/aromatic N) is 2. The summed E-state index contributed by atoms with van der Waals surface area (Å²) in [6.45, 7) is 6.92. The summed E-state index contributed by atoms with van der Waals surface area (Å²) >= 11 is 0. The van der Waals surface area contributed by atoms with Crippen LogP contribution in [-0.2, 0) is 19.7 Å². The van der Waals surface area contributed by atoms with Crippen molar-refractivity contribution in [3.05, 3.63) is 59.9 Å². The Morgan fingerprint density at radius 1 is 1.21 bits per heavy atom. The lowest BCUT2D eigenvalue weighted by atomic mass is 9.87. The van der Waals surface area contributed by atoms with E-state index in [1.807, 2.05) is 30.1 Å². The molecule has 1 amide bonds. The average molecular weight is 533 g/mol. The Hall–Kier alpha value is -2.91. The first-order valence-electron chi connectivity index (χ1n) is 12.9. The number of pyridine rings is 1. The molecule has 1 aromatic carbocycles. The highest BCUT2D eigenvalue weighted by Gasteiger charge is 2.36. The number of aromatic nitrogens is 1. The van der Waals surface area contributed by atoms with Crippen molar-refractivity contribution < 1.29 is 23.1 Å². The summed E-state index contributed by atoms with van der Waals surface area (Å²) in [5, 5.41) is 5.76. The second-order valence-electron chi connectivity index (χ2n) is 10.7. The lowest BCUT2D eigenvalue weighted by Gasteiger charge is -2.33. The van der Waals surface area contributed by atoms with Crippen molar-refractivity contribution in [2.75, 3.05) is 32.7 Å². The largest absolute Gasteiger partial charge is 0.383 e. The third-order valence-corrected chi connectivity index (χ3v) is 6.72. The van der Waals surface area contributed by atoms with Crippen molar-refractivity contribution in [3.8, 4) is 0 Å². The first kappa shape index (κ1) is 31.3. The topological polar surface area (TPSA) is 83.6 Å². The number of rotatable bonds is 9. The Morgan fingerprint density at radius 2 is 1.84 bits per heavy atom. The van der Waals surface area contributed by atoms with E-state index < -0.39 is 12.0 Å². The molecule has 0 bridgehead atoms. The Labute approximate surface area is 225 Å². The van der Waals surface area contributed by atoms with Crippen molar-refractivity contribution >= 4 is 17.9 Å². The Bertz CT molecular complexity index is 987. The summed E-state index contributed by atoms with van der Waals surface area (Å²) in [5.41, 5.74) is 2.92. The third-order valence-electron chi connectivity index (χ3n) is 6.72. The molecule has 1 aliphatic rings. The van der Waals surface area contributed by atoms with Gasteiger partial charge < -0.3 is 25.1 Å². The number of methoxy groups -OCH3 is 1. The number of nitrogens with one attached hydrogen (secondary N) is 2. The van der Waals surface area contributed by atoms with Gasteiger partial charge in [-0.3, -0.25) is 9.78 Å². The lowest BCUT2D eigenvalue weighted by Crippen LogP contribution is -2.46. The predicted molar refractivity (Wildman–Crippen MR) is 147 cm³/mol. The number of hydrogen-bond acceptors (Lipinski definition) is 6. The van der Waals surface area contributed by atoms with Crippen molar-refractivity contribution in [1.82, 2.24) is 15.6 Å². The molecule has 1 aliphatic carbocycles. The van der Waals surface area contributed by atoms with Crippen LogP contribution in [0.15, 0.2) is 48.8 Å². The van der Waals surface area contributed by atoms with Gasteiger partial charge in [0.2, 0.25) is 11.8 Å². The molecule has 0 radical (unpaired) electrons. The standard InChI is InChI=1S/C24H31F2N3O.C5H11NO2/c1-23(2,3)18-7-9-20(10-8-18)29(4)21(17-6-5-15-27-16-17)22(30)28-19-11-13-24(25,26)14-12-19;1-6-5(3-7)4-8-2/h5-10,15-16,19,21H,11-14H2,1-4H3,(H,28,30);3,5-6H,4H2,1-2H3. The van der Waals surface area contributed by atoms with Gasteiger partial charge in [0.25, 0.3) is 0 Å². The van der Waals surface area contributed by atoms with Crippen LogP contribution in [0.2, 0.25) is 0 Å². The summed E-state index contributed by atoms with van der Waals surface area (Å²) in [6.07, 6.45) is 4.40. The molecule has 9 heteroatoms. The highest BCUT2D eigenvalue weighted by molar-refractivity contribution is 5.86. The number of benzene rings is 1. The Balaban J connectivity index is 0.000000550. The zero-order valence-electron chi connectivity index (χ0n) is 23.3. The van der Waals surface area contributed by atoms with Crippen LogP contribution < -0.4 is 15.5 Å². The maximum absolute atomic E-state index is 13.5. The molecule has 210 valence electrons. The van der Waals surface area contributed by atoms with Crippen LogP contribution in [0, 0.1) is 0 Å². The minimum Gasteiger partial charge on any atom is -0.383 e. The van der Waals surface area contributed by atoms with E-state index in [-0.39, 0.29) is 36.2 Å². The number of amides is 1. The summed E-state index contributed by atoms with van der Waals surface area (Å²) in [6, 6.07) is 10.9. The molecular formula is C29H42F2N4O3. The van der Waals surface area contributed by atoms with Gasteiger partial charge in [-0.05, 0) is 49.1 Å². The van der Waals surface area contributed by atoms with Gasteiger partial charge in [-0.2, -0.15) is 0 Å². The van der Waals surface area contributed by atoms with Gasteiger partial charge >= 0.3 is 0 Å². The van der Waals surface area contributed by atoms with Crippen molar-refractivity contribution in [2.24, 2.45) is 0 Å². The number of hydrogen-bond donors (Lipinski definition) is 2. The summed E-state index contributed by atoms with van der Waals surface area (Å²) in [4.78, 5) is 29.3. The van der Waals surface area contributed by atoms with Crippen molar-refractivity contribution in [1.29, 1.82) is 0 Å². The van der Waals surface area contributed by atoms with Gasteiger partial charge in [-0.15, -0.1) is 0 Å². The zero-order chi connectivity index (χ0) is 28.3. The maximum atomic E-state index is 13.5. The lowest BCUT2D eigenvalue weighted by molar-refractivity contribution is -0.124. The molecule has 3 rings (SSSR count). The van der Waals surface area contributed by atoms with Gasteiger partial charge in [0, 0.05) is 56.7 Å². The molecule has 1 aromatic heterocycles. The van der Waals surface area contributed by atoms with E-state index in [0.717, 1.165) is 17.5 Å². The van der Waals surface area contributed by atoms with E-state index in [9.17, 15) is 18.4 Å². The normalized spacial score (nSPS) is 16.9. The molecule has 2 atom stereocenters. The fraction of sp³-hybridized carbons (Fsp3) is 0.552. The molecule has 0 saturated heterocycles. The van der Waals surface area contributed by atoms with Crippen LogP contribution in [0.25, 0.3) is 0 Å². The van der Waals surface area contributed by atoms with E-state index in [0.29, 0.717) is 19.4 Å².